The largest absolute Gasteiger partial charge is 0.361 e. The number of aryl methyl sites for hydroxylation is 2. The summed E-state index contributed by atoms with van der Waals surface area (Å²) in [5.74, 6) is 0.449. The summed E-state index contributed by atoms with van der Waals surface area (Å²) in [6, 6.07) is 8.10. The van der Waals surface area contributed by atoms with Gasteiger partial charge in [-0.15, -0.1) is 12.4 Å². The molecule has 3 rings (SSSR count). The molecule has 1 aromatic heterocycles. The second-order valence-corrected chi connectivity index (χ2v) is 7.38. The lowest BCUT2D eigenvalue weighted by molar-refractivity contribution is 0.0916. The minimum Gasteiger partial charge on any atom is -0.361 e. The Labute approximate surface area is 165 Å². The highest BCUT2D eigenvalue weighted by Gasteiger charge is 2.36. The van der Waals surface area contributed by atoms with Crippen LogP contribution in [-0.4, -0.2) is 23.7 Å². The van der Waals surface area contributed by atoms with Gasteiger partial charge in [0.05, 0.1) is 5.69 Å². The van der Waals surface area contributed by atoms with Crippen LogP contribution in [0.25, 0.3) is 0 Å². The van der Waals surface area contributed by atoms with Crippen LogP contribution in [0.4, 0.5) is 0 Å². The Kier molecular flexibility index (Phi) is 6.72. The Morgan fingerprint density at radius 2 is 2.08 bits per heavy atom. The smallest absolute Gasteiger partial charge is 0.257 e. The van der Waals surface area contributed by atoms with Crippen molar-refractivity contribution < 1.29 is 9.32 Å². The quantitative estimate of drug-likeness (QED) is 0.818. The van der Waals surface area contributed by atoms with Crippen LogP contribution in [-0.2, 0) is 5.41 Å². The maximum atomic E-state index is 12.5. The number of aromatic nitrogens is 1. The lowest BCUT2D eigenvalue weighted by atomic mass is 9.68. The number of amides is 1. The SMILES string of the molecule is Cc1noc(C)c1C(=O)NC1CCC(CN)(c2cccc(Cl)c2)CC1.Cl. The molecule has 1 heterocycles. The van der Waals surface area contributed by atoms with Crippen molar-refractivity contribution in [1.29, 1.82) is 0 Å². The average molecular weight is 398 g/mol. The van der Waals surface area contributed by atoms with E-state index < -0.39 is 0 Å². The molecule has 1 amide bonds. The molecule has 142 valence electrons. The first kappa shape index (κ1) is 20.7. The van der Waals surface area contributed by atoms with Gasteiger partial charge >= 0.3 is 0 Å². The summed E-state index contributed by atoms with van der Waals surface area (Å²) in [6.45, 7) is 4.12. The fourth-order valence-electron chi connectivity index (χ4n) is 3.81. The molecule has 1 aliphatic rings. The Morgan fingerprint density at radius 1 is 1.38 bits per heavy atom. The maximum Gasteiger partial charge on any atom is 0.257 e. The van der Waals surface area contributed by atoms with Crippen LogP contribution >= 0.6 is 24.0 Å². The van der Waals surface area contributed by atoms with Crippen molar-refractivity contribution in [1.82, 2.24) is 10.5 Å². The van der Waals surface area contributed by atoms with E-state index in [1.165, 1.54) is 5.56 Å². The molecule has 26 heavy (non-hydrogen) atoms. The van der Waals surface area contributed by atoms with Crippen molar-refractivity contribution in [2.75, 3.05) is 6.54 Å². The predicted octanol–water partition coefficient (Wildman–Crippen LogP) is 3.94. The molecule has 3 N–H and O–H groups in total. The summed E-state index contributed by atoms with van der Waals surface area (Å²) in [5, 5.41) is 7.71. The zero-order chi connectivity index (χ0) is 18.0. The third kappa shape index (κ3) is 4.05. The highest BCUT2D eigenvalue weighted by atomic mass is 35.5. The Hall–Kier alpha value is -1.56. The molecule has 7 heteroatoms. The summed E-state index contributed by atoms with van der Waals surface area (Å²) in [5.41, 5.74) is 8.44. The molecule has 0 saturated heterocycles. The molecule has 1 aromatic carbocycles. The van der Waals surface area contributed by atoms with Crippen LogP contribution in [0.3, 0.4) is 0 Å². The predicted molar refractivity (Wildman–Crippen MR) is 105 cm³/mol. The van der Waals surface area contributed by atoms with E-state index >= 15 is 0 Å². The standard InChI is InChI=1S/C19H24ClN3O2.ClH/c1-12-17(13(2)25-23-12)18(24)22-16-6-8-19(11-21,9-7-16)14-4-3-5-15(20)10-14;/h3-5,10,16H,6-9,11,21H2,1-2H3,(H,22,24);1H. The molecule has 0 bridgehead atoms. The van der Waals surface area contributed by atoms with Crippen molar-refractivity contribution in [2.45, 2.75) is 51.0 Å². The fraction of sp³-hybridized carbons (Fsp3) is 0.474. The van der Waals surface area contributed by atoms with Gasteiger partial charge in [-0.3, -0.25) is 4.79 Å². The molecule has 0 atom stereocenters. The molecule has 1 fully saturated rings. The first-order valence-corrected chi connectivity index (χ1v) is 9.03. The van der Waals surface area contributed by atoms with Crippen LogP contribution in [0.2, 0.25) is 5.02 Å². The molecule has 1 saturated carbocycles. The van der Waals surface area contributed by atoms with E-state index in [0.717, 1.165) is 30.7 Å². The first-order valence-electron chi connectivity index (χ1n) is 8.65. The van der Waals surface area contributed by atoms with Crippen LogP contribution in [0.15, 0.2) is 28.8 Å². The van der Waals surface area contributed by atoms with E-state index in [1.807, 2.05) is 18.2 Å². The fourth-order valence-corrected chi connectivity index (χ4v) is 4.00. The number of nitrogens with zero attached hydrogens (tertiary/aromatic N) is 1. The van der Waals surface area contributed by atoms with Crippen LogP contribution < -0.4 is 11.1 Å². The number of hydrogen-bond donors (Lipinski definition) is 2. The minimum absolute atomic E-state index is 0. The topological polar surface area (TPSA) is 81.2 Å². The van der Waals surface area contributed by atoms with E-state index in [0.29, 0.717) is 23.6 Å². The van der Waals surface area contributed by atoms with E-state index in [-0.39, 0.29) is 29.8 Å². The molecule has 0 spiro atoms. The number of carbonyl (C=O) groups is 1. The maximum absolute atomic E-state index is 12.5. The summed E-state index contributed by atoms with van der Waals surface area (Å²) in [6.07, 6.45) is 3.63. The van der Waals surface area contributed by atoms with Gasteiger partial charge in [-0.1, -0.05) is 28.9 Å². The lowest BCUT2D eigenvalue weighted by Gasteiger charge is -2.40. The monoisotopic (exact) mass is 397 g/mol. The van der Waals surface area contributed by atoms with Crippen LogP contribution in [0, 0.1) is 13.8 Å². The Bertz CT molecular complexity index is 748. The summed E-state index contributed by atoms with van der Waals surface area (Å²) in [7, 11) is 0. The number of nitrogens with two attached hydrogens (primary N) is 1. The van der Waals surface area contributed by atoms with Gasteiger partial charge < -0.3 is 15.6 Å². The highest BCUT2D eigenvalue weighted by Crippen LogP contribution is 2.39. The lowest BCUT2D eigenvalue weighted by Crippen LogP contribution is -2.45. The second-order valence-electron chi connectivity index (χ2n) is 6.94. The van der Waals surface area contributed by atoms with Crippen LogP contribution in [0.1, 0.15) is 53.1 Å². The van der Waals surface area contributed by atoms with Crippen LogP contribution in [0.5, 0.6) is 0 Å². The zero-order valence-corrected chi connectivity index (χ0v) is 16.6. The summed E-state index contributed by atoms with van der Waals surface area (Å²) in [4.78, 5) is 12.5. The Balaban J connectivity index is 0.00000243. The molecule has 0 unspecified atom stereocenters. The number of carbonyl (C=O) groups excluding carboxylic acids is 1. The van der Waals surface area contributed by atoms with Gasteiger partial charge in [0, 0.05) is 23.0 Å². The molecular weight excluding hydrogens is 373 g/mol. The van der Waals surface area contributed by atoms with Gasteiger partial charge in [0.15, 0.2) is 0 Å². The molecule has 2 aromatic rings. The summed E-state index contributed by atoms with van der Waals surface area (Å²) < 4.78 is 5.09. The second kappa shape index (κ2) is 8.42. The third-order valence-electron chi connectivity index (χ3n) is 5.37. The number of rotatable bonds is 4. The molecule has 5 nitrogen and oxygen atoms in total. The van der Waals surface area contributed by atoms with Crippen molar-refractivity contribution in [3.05, 3.63) is 51.9 Å². The van der Waals surface area contributed by atoms with E-state index in [2.05, 4.69) is 16.5 Å². The van der Waals surface area contributed by atoms with Gasteiger partial charge in [0.1, 0.15) is 11.3 Å². The minimum atomic E-state index is -0.107. The third-order valence-corrected chi connectivity index (χ3v) is 5.60. The number of halogens is 2. The van der Waals surface area contributed by atoms with E-state index in [1.54, 1.807) is 13.8 Å². The zero-order valence-electron chi connectivity index (χ0n) is 15.0. The molecule has 0 aliphatic heterocycles. The van der Waals surface area contributed by atoms with Gasteiger partial charge in [-0.05, 0) is 57.2 Å². The normalized spacial score (nSPS) is 22.5. The highest BCUT2D eigenvalue weighted by molar-refractivity contribution is 6.30. The Morgan fingerprint density at radius 3 is 2.62 bits per heavy atom. The van der Waals surface area contributed by atoms with Crippen molar-refractivity contribution in [3.63, 3.8) is 0 Å². The van der Waals surface area contributed by atoms with Gasteiger partial charge in [-0.2, -0.15) is 0 Å². The summed E-state index contributed by atoms with van der Waals surface area (Å²) >= 11 is 6.15. The van der Waals surface area contributed by atoms with E-state index in [9.17, 15) is 4.79 Å². The van der Waals surface area contributed by atoms with Crippen molar-refractivity contribution in [3.8, 4) is 0 Å². The van der Waals surface area contributed by atoms with Crippen molar-refractivity contribution in [2.24, 2.45) is 5.73 Å². The van der Waals surface area contributed by atoms with Crippen molar-refractivity contribution >= 4 is 29.9 Å². The molecular formula is C19H25Cl2N3O2. The van der Waals surface area contributed by atoms with Gasteiger partial charge in [0.2, 0.25) is 0 Å². The van der Waals surface area contributed by atoms with Gasteiger partial charge in [-0.25, -0.2) is 0 Å². The molecule has 0 radical (unpaired) electrons. The number of hydrogen-bond acceptors (Lipinski definition) is 4. The molecule has 1 aliphatic carbocycles. The van der Waals surface area contributed by atoms with Gasteiger partial charge in [0.25, 0.3) is 5.91 Å². The average Bonchev–Trinajstić information content (AvgIpc) is 2.94. The number of benzene rings is 1. The van der Waals surface area contributed by atoms with E-state index in [4.69, 9.17) is 21.9 Å². The number of nitrogens with one attached hydrogen (secondary N) is 1. The first-order chi connectivity index (χ1) is 11.9.